The number of aromatic nitrogens is 1. The fourth-order valence-corrected chi connectivity index (χ4v) is 2.70. The van der Waals surface area contributed by atoms with Gasteiger partial charge in [-0.1, -0.05) is 0 Å². The highest BCUT2D eigenvalue weighted by atomic mass is 16.5. The quantitative estimate of drug-likeness (QED) is 0.782. The zero-order chi connectivity index (χ0) is 16.4. The molecule has 4 amide bonds. The summed E-state index contributed by atoms with van der Waals surface area (Å²) in [6.45, 7) is 2.88. The smallest absolute Gasteiger partial charge is 0.325 e. The summed E-state index contributed by atoms with van der Waals surface area (Å²) in [4.78, 5) is 42.2. The molecule has 1 aromatic rings. The van der Waals surface area contributed by atoms with Gasteiger partial charge in [0.15, 0.2) is 0 Å². The van der Waals surface area contributed by atoms with E-state index in [1.165, 1.54) is 0 Å². The van der Waals surface area contributed by atoms with Crippen molar-refractivity contribution in [1.82, 2.24) is 20.1 Å². The number of carbonyl (C=O) groups is 3. The second-order valence-corrected chi connectivity index (χ2v) is 5.57. The number of rotatable bonds is 3. The van der Waals surface area contributed by atoms with Gasteiger partial charge in [0, 0.05) is 18.4 Å². The van der Waals surface area contributed by atoms with Crippen molar-refractivity contribution in [3.05, 3.63) is 29.6 Å². The van der Waals surface area contributed by atoms with E-state index in [0.717, 1.165) is 16.2 Å². The van der Waals surface area contributed by atoms with E-state index in [2.05, 4.69) is 10.3 Å². The second kappa shape index (κ2) is 6.33. The van der Waals surface area contributed by atoms with Gasteiger partial charge in [-0.15, -0.1) is 0 Å². The lowest BCUT2D eigenvalue weighted by atomic mass is 10.1. The van der Waals surface area contributed by atoms with Crippen LogP contribution in [-0.4, -0.2) is 65.4 Å². The molecule has 1 aromatic heterocycles. The molecule has 2 fully saturated rings. The number of hydrogen-bond acceptors (Lipinski definition) is 5. The summed E-state index contributed by atoms with van der Waals surface area (Å²) in [5, 5.41) is 2.40. The molecule has 3 rings (SSSR count). The molecule has 0 saturated carbocycles. The first-order valence-electron chi connectivity index (χ1n) is 7.45. The fourth-order valence-electron chi connectivity index (χ4n) is 2.70. The highest BCUT2D eigenvalue weighted by molar-refractivity contribution is 6.04. The van der Waals surface area contributed by atoms with Crippen LogP contribution in [0.4, 0.5) is 4.79 Å². The van der Waals surface area contributed by atoms with Gasteiger partial charge in [0.25, 0.3) is 5.91 Å². The van der Waals surface area contributed by atoms with Crippen LogP contribution < -0.4 is 5.32 Å². The van der Waals surface area contributed by atoms with Gasteiger partial charge in [-0.25, -0.2) is 4.79 Å². The molecular formula is C15H18N4O4. The number of nitrogens with zero attached hydrogens (tertiary/aromatic N) is 3. The Balaban J connectivity index is 1.65. The van der Waals surface area contributed by atoms with Gasteiger partial charge in [0.2, 0.25) is 5.91 Å². The lowest BCUT2D eigenvalue weighted by Gasteiger charge is -2.33. The van der Waals surface area contributed by atoms with Crippen LogP contribution in [0.3, 0.4) is 0 Å². The number of imide groups is 1. The maximum atomic E-state index is 12.4. The molecule has 0 spiro atoms. The lowest BCUT2D eigenvalue weighted by Crippen LogP contribution is -2.48. The standard InChI is InChI=1S/C15H18N4O4/c1-10-6-11(2-3-16-10)12-8-18(4-5-23-12)14(21)9-19-13(20)7-17-15(19)22/h2-3,6,12H,4-5,7-9H2,1H3,(H,17,22). The normalized spacial score (nSPS) is 21.5. The Hall–Kier alpha value is -2.48. The van der Waals surface area contributed by atoms with E-state index in [9.17, 15) is 14.4 Å². The van der Waals surface area contributed by atoms with Crippen LogP contribution in [0.5, 0.6) is 0 Å². The minimum atomic E-state index is -0.516. The van der Waals surface area contributed by atoms with Crippen molar-refractivity contribution in [3.8, 4) is 0 Å². The first-order valence-corrected chi connectivity index (χ1v) is 7.45. The number of aryl methyl sites for hydroxylation is 1. The van der Waals surface area contributed by atoms with Crippen molar-refractivity contribution in [2.45, 2.75) is 13.0 Å². The van der Waals surface area contributed by atoms with Crippen molar-refractivity contribution < 1.29 is 19.1 Å². The molecule has 23 heavy (non-hydrogen) atoms. The van der Waals surface area contributed by atoms with Gasteiger partial charge in [-0.05, 0) is 24.6 Å². The Kier molecular flexibility index (Phi) is 4.24. The van der Waals surface area contributed by atoms with E-state index in [-0.39, 0.29) is 31.0 Å². The van der Waals surface area contributed by atoms with Crippen molar-refractivity contribution in [2.75, 3.05) is 32.8 Å². The van der Waals surface area contributed by atoms with Crippen LogP contribution in [-0.2, 0) is 14.3 Å². The first kappa shape index (κ1) is 15.4. The molecule has 0 aliphatic carbocycles. The number of carbonyl (C=O) groups excluding carboxylic acids is 3. The number of amides is 4. The fraction of sp³-hybridized carbons (Fsp3) is 0.467. The van der Waals surface area contributed by atoms with Crippen LogP contribution in [0.2, 0.25) is 0 Å². The van der Waals surface area contributed by atoms with E-state index in [0.29, 0.717) is 19.7 Å². The van der Waals surface area contributed by atoms with Crippen LogP contribution >= 0.6 is 0 Å². The van der Waals surface area contributed by atoms with Gasteiger partial charge < -0.3 is 15.0 Å². The average molecular weight is 318 g/mol. The number of urea groups is 1. The summed E-state index contributed by atoms with van der Waals surface area (Å²) >= 11 is 0. The summed E-state index contributed by atoms with van der Waals surface area (Å²) in [7, 11) is 0. The summed E-state index contributed by atoms with van der Waals surface area (Å²) in [5.41, 5.74) is 1.85. The highest BCUT2D eigenvalue weighted by Gasteiger charge is 2.33. The minimum Gasteiger partial charge on any atom is -0.370 e. The van der Waals surface area contributed by atoms with E-state index < -0.39 is 6.03 Å². The second-order valence-electron chi connectivity index (χ2n) is 5.57. The Morgan fingerprint density at radius 1 is 1.48 bits per heavy atom. The number of hydrogen-bond donors (Lipinski definition) is 1. The van der Waals surface area contributed by atoms with E-state index in [4.69, 9.17) is 4.74 Å². The molecule has 3 heterocycles. The molecule has 2 aliphatic heterocycles. The van der Waals surface area contributed by atoms with Crippen molar-refractivity contribution in [3.63, 3.8) is 0 Å². The minimum absolute atomic E-state index is 0.0475. The van der Waals surface area contributed by atoms with E-state index >= 15 is 0 Å². The largest absolute Gasteiger partial charge is 0.370 e. The molecule has 2 saturated heterocycles. The third-order valence-electron chi connectivity index (χ3n) is 3.94. The monoisotopic (exact) mass is 318 g/mol. The summed E-state index contributed by atoms with van der Waals surface area (Å²) in [5.74, 6) is -0.632. The third-order valence-corrected chi connectivity index (χ3v) is 3.94. The zero-order valence-corrected chi connectivity index (χ0v) is 12.8. The maximum Gasteiger partial charge on any atom is 0.325 e. The highest BCUT2D eigenvalue weighted by Crippen LogP contribution is 2.22. The summed E-state index contributed by atoms with van der Waals surface area (Å²) in [6.07, 6.45) is 1.49. The van der Waals surface area contributed by atoms with Gasteiger partial charge >= 0.3 is 6.03 Å². The molecule has 0 radical (unpaired) electrons. The Morgan fingerprint density at radius 2 is 2.30 bits per heavy atom. The predicted molar refractivity (Wildman–Crippen MR) is 79.4 cm³/mol. The van der Waals surface area contributed by atoms with E-state index in [1.807, 2.05) is 19.1 Å². The van der Waals surface area contributed by atoms with Gasteiger partial charge in [0.1, 0.15) is 12.6 Å². The zero-order valence-electron chi connectivity index (χ0n) is 12.8. The average Bonchev–Trinajstić information content (AvgIpc) is 2.87. The van der Waals surface area contributed by atoms with E-state index in [1.54, 1.807) is 11.1 Å². The van der Waals surface area contributed by atoms with Crippen molar-refractivity contribution >= 4 is 17.8 Å². The van der Waals surface area contributed by atoms with Crippen LogP contribution in [0.15, 0.2) is 18.3 Å². The lowest BCUT2D eigenvalue weighted by molar-refractivity contribution is -0.142. The van der Waals surface area contributed by atoms with Crippen molar-refractivity contribution in [2.24, 2.45) is 0 Å². The Labute approximate surface area is 133 Å². The topological polar surface area (TPSA) is 91.8 Å². The van der Waals surface area contributed by atoms with Gasteiger partial charge in [-0.2, -0.15) is 0 Å². The summed E-state index contributed by atoms with van der Waals surface area (Å²) < 4.78 is 5.73. The SMILES string of the molecule is Cc1cc(C2CN(C(=O)CN3C(=O)CNC3=O)CCO2)ccn1. The Morgan fingerprint density at radius 3 is 3.00 bits per heavy atom. The summed E-state index contributed by atoms with van der Waals surface area (Å²) in [6, 6.07) is 3.28. The Bertz CT molecular complexity index is 632. The number of nitrogens with one attached hydrogen (secondary N) is 1. The van der Waals surface area contributed by atoms with Crippen LogP contribution in [0, 0.1) is 6.92 Å². The number of ether oxygens (including phenoxy) is 1. The maximum absolute atomic E-state index is 12.4. The molecule has 0 aromatic carbocycles. The third kappa shape index (κ3) is 3.31. The molecule has 1 unspecified atom stereocenters. The predicted octanol–water partition coefficient (Wildman–Crippen LogP) is -0.158. The molecule has 2 aliphatic rings. The molecule has 122 valence electrons. The molecule has 1 N–H and O–H groups in total. The van der Waals surface area contributed by atoms with Gasteiger partial charge in [-0.3, -0.25) is 19.5 Å². The van der Waals surface area contributed by atoms with Crippen LogP contribution in [0.25, 0.3) is 0 Å². The molecular weight excluding hydrogens is 300 g/mol. The first-order chi connectivity index (χ1) is 11.0. The number of pyridine rings is 1. The van der Waals surface area contributed by atoms with Crippen LogP contribution in [0.1, 0.15) is 17.4 Å². The van der Waals surface area contributed by atoms with Gasteiger partial charge in [0.05, 0.1) is 19.7 Å². The molecule has 0 bridgehead atoms. The number of morpholine rings is 1. The van der Waals surface area contributed by atoms with Crippen molar-refractivity contribution in [1.29, 1.82) is 0 Å². The molecule has 8 heteroatoms. The molecule has 1 atom stereocenters. The molecule has 8 nitrogen and oxygen atoms in total.